The highest BCUT2D eigenvalue weighted by molar-refractivity contribution is 7.90. The van der Waals surface area contributed by atoms with Crippen LogP contribution >= 0.6 is 0 Å². The van der Waals surface area contributed by atoms with Gasteiger partial charge >= 0.3 is 6.09 Å². The van der Waals surface area contributed by atoms with Gasteiger partial charge in [-0.05, 0) is 42.2 Å². The van der Waals surface area contributed by atoms with Crippen molar-refractivity contribution >= 4 is 16.1 Å². The lowest BCUT2D eigenvalue weighted by Gasteiger charge is -2.30. The first kappa shape index (κ1) is 24.9. The average molecular weight is 489 g/mol. The topological polar surface area (TPSA) is 125 Å². The molecule has 2 heterocycles. The van der Waals surface area contributed by atoms with E-state index in [1.54, 1.807) is 20.8 Å². The molecule has 0 fully saturated rings. The lowest BCUT2D eigenvalue weighted by atomic mass is 9.83. The molecule has 0 aliphatic heterocycles. The van der Waals surface area contributed by atoms with Crippen LogP contribution in [0.25, 0.3) is 11.3 Å². The number of rotatable bonds is 6. The molecule has 1 aromatic carbocycles. The maximum atomic E-state index is 15.8. The van der Waals surface area contributed by atoms with Gasteiger partial charge in [0, 0.05) is 29.6 Å². The molecule has 3 rings (SSSR count). The summed E-state index contributed by atoms with van der Waals surface area (Å²) in [5.41, 5.74) is -1.48. The Balaban J connectivity index is 2.29. The Morgan fingerprint density at radius 1 is 1.26 bits per heavy atom. The van der Waals surface area contributed by atoms with Gasteiger partial charge in [0.15, 0.2) is 5.82 Å². The van der Waals surface area contributed by atoms with E-state index in [4.69, 9.17) is 0 Å². The number of halogens is 2. The highest BCUT2D eigenvalue weighted by atomic mass is 32.2. The minimum Gasteiger partial charge on any atom is -0.465 e. The Kier molecular flexibility index (Phi) is 6.74. The summed E-state index contributed by atoms with van der Waals surface area (Å²) >= 11 is 0. The molecule has 0 saturated heterocycles. The fourth-order valence-electron chi connectivity index (χ4n) is 3.45. The molecule has 3 aromatic rings. The van der Waals surface area contributed by atoms with Gasteiger partial charge in [0.05, 0.1) is 4.90 Å². The second-order valence-electron chi connectivity index (χ2n) is 8.66. The zero-order chi connectivity index (χ0) is 25.3. The molecular formula is C23H22F2N4O4S. The van der Waals surface area contributed by atoms with Gasteiger partial charge in [-0.2, -0.15) is 5.26 Å². The summed E-state index contributed by atoms with van der Waals surface area (Å²) in [5.74, 6) is -1.75. The van der Waals surface area contributed by atoms with E-state index in [-0.39, 0.29) is 23.2 Å². The molecule has 11 heteroatoms. The van der Waals surface area contributed by atoms with Gasteiger partial charge in [-0.3, -0.25) is 0 Å². The number of hydrogen-bond donors (Lipinski definition) is 2. The van der Waals surface area contributed by atoms with Gasteiger partial charge in [-0.15, -0.1) is 0 Å². The van der Waals surface area contributed by atoms with Crippen LogP contribution in [-0.2, 0) is 16.4 Å². The summed E-state index contributed by atoms with van der Waals surface area (Å²) < 4.78 is 57.1. The van der Waals surface area contributed by atoms with Crippen molar-refractivity contribution in [2.75, 3.05) is 0 Å². The Labute approximate surface area is 195 Å². The van der Waals surface area contributed by atoms with E-state index in [1.165, 1.54) is 24.4 Å². The van der Waals surface area contributed by atoms with Gasteiger partial charge in [-0.25, -0.2) is 30.9 Å². The molecule has 0 spiro atoms. The molecule has 0 saturated carbocycles. The Hall–Kier alpha value is -3.78. The summed E-state index contributed by atoms with van der Waals surface area (Å²) in [6.07, 6.45) is 0.845. The minimum absolute atomic E-state index is 0.0766. The number of carbonyl (C=O) groups is 1. The van der Waals surface area contributed by atoms with Crippen LogP contribution in [0.1, 0.15) is 32.0 Å². The van der Waals surface area contributed by atoms with Crippen molar-refractivity contribution in [1.82, 2.24) is 14.3 Å². The molecule has 0 aliphatic rings. The number of nitrogens with one attached hydrogen (secondary N) is 1. The van der Waals surface area contributed by atoms with Gasteiger partial charge in [0.2, 0.25) is 0 Å². The lowest BCUT2D eigenvalue weighted by molar-refractivity contribution is 0.174. The summed E-state index contributed by atoms with van der Waals surface area (Å²) in [7, 11) is -4.50. The van der Waals surface area contributed by atoms with Crippen LogP contribution in [0, 0.1) is 28.4 Å². The van der Waals surface area contributed by atoms with Crippen molar-refractivity contribution in [3.63, 3.8) is 0 Å². The summed E-state index contributed by atoms with van der Waals surface area (Å²) in [6.45, 7) is 5.26. The summed E-state index contributed by atoms with van der Waals surface area (Å²) in [5, 5.41) is 21.0. The van der Waals surface area contributed by atoms with Crippen molar-refractivity contribution in [2.45, 2.75) is 38.1 Å². The van der Waals surface area contributed by atoms with Gasteiger partial charge < -0.3 is 10.4 Å². The number of amides is 1. The van der Waals surface area contributed by atoms with E-state index < -0.39 is 49.8 Å². The molecule has 1 atom stereocenters. The Morgan fingerprint density at radius 2 is 1.97 bits per heavy atom. The molecule has 8 nitrogen and oxygen atoms in total. The number of benzene rings is 1. The lowest BCUT2D eigenvalue weighted by Crippen LogP contribution is -2.44. The van der Waals surface area contributed by atoms with Crippen molar-refractivity contribution in [3.05, 3.63) is 71.7 Å². The van der Waals surface area contributed by atoms with E-state index in [0.29, 0.717) is 3.97 Å². The SMILES string of the molecule is CC(C)(C)C(Cc1cn(S(=O)(=O)c2cccc(F)c2)c(-c2cccnc2C#N)c1F)NC(=O)O. The van der Waals surface area contributed by atoms with E-state index >= 15 is 4.39 Å². The monoisotopic (exact) mass is 488 g/mol. The third-order valence-corrected chi connectivity index (χ3v) is 6.93. The zero-order valence-electron chi connectivity index (χ0n) is 18.6. The Morgan fingerprint density at radius 3 is 2.56 bits per heavy atom. The number of aromatic nitrogens is 2. The number of hydrogen-bond acceptors (Lipinski definition) is 5. The quantitative estimate of drug-likeness (QED) is 0.537. The molecular weight excluding hydrogens is 466 g/mol. The molecule has 0 radical (unpaired) electrons. The van der Waals surface area contributed by atoms with Crippen LogP contribution in [0.5, 0.6) is 0 Å². The standard InChI is InChI=1S/C23H22F2N4O4S/c1-23(2,3)19(28-22(30)31)10-14-13-29(34(32,33)16-7-4-6-15(24)11-16)21(20(14)25)17-8-5-9-27-18(17)12-26/h4-9,11,13,19,28H,10H2,1-3H3,(H,30,31). The fourth-order valence-corrected chi connectivity index (χ4v) is 4.87. The zero-order valence-corrected chi connectivity index (χ0v) is 19.4. The van der Waals surface area contributed by atoms with Gasteiger partial charge in [0.1, 0.15) is 23.3 Å². The number of pyridine rings is 1. The van der Waals surface area contributed by atoms with Crippen LogP contribution in [0.2, 0.25) is 0 Å². The first-order chi connectivity index (χ1) is 15.9. The van der Waals surface area contributed by atoms with Crippen molar-refractivity contribution < 1.29 is 27.1 Å². The molecule has 0 bridgehead atoms. The van der Waals surface area contributed by atoms with E-state index in [9.17, 15) is 28.0 Å². The van der Waals surface area contributed by atoms with E-state index in [1.807, 2.05) is 6.07 Å². The van der Waals surface area contributed by atoms with Crippen molar-refractivity contribution in [1.29, 1.82) is 5.26 Å². The minimum atomic E-state index is -4.50. The van der Waals surface area contributed by atoms with Crippen LogP contribution in [0.3, 0.4) is 0 Å². The van der Waals surface area contributed by atoms with E-state index in [0.717, 1.165) is 24.4 Å². The molecule has 1 amide bonds. The second-order valence-corrected chi connectivity index (χ2v) is 10.5. The predicted molar refractivity (Wildman–Crippen MR) is 119 cm³/mol. The molecule has 0 aliphatic carbocycles. The third-order valence-electron chi connectivity index (χ3n) is 5.27. The smallest absolute Gasteiger partial charge is 0.404 e. The van der Waals surface area contributed by atoms with E-state index in [2.05, 4.69) is 10.3 Å². The molecule has 2 N–H and O–H groups in total. The van der Waals surface area contributed by atoms with Crippen LogP contribution in [0.15, 0.2) is 53.7 Å². The second kappa shape index (κ2) is 9.23. The van der Waals surface area contributed by atoms with Crippen LogP contribution in [-0.4, -0.2) is 34.6 Å². The molecule has 178 valence electrons. The average Bonchev–Trinajstić information content (AvgIpc) is 3.09. The highest BCUT2D eigenvalue weighted by Crippen LogP contribution is 2.34. The van der Waals surface area contributed by atoms with Gasteiger partial charge in [-0.1, -0.05) is 26.8 Å². The maximum absolute atomic E-state index is 15.8. The van der Waals surface area contributed by atoms with Crippen molar-refractivity contribution in [2.24, 2.45) is 5.41 Å². The molecule has 34 heavy (non-hydrogen) atoms. The first-order valence-electron chi connectivity index (χ1n) is 10.1. The Bertz CT molecular complexity index is 1390. The van der Waals surface area contributed by atoms with Crippen molar-refractivity contribution in [3.8, 4) is 17.3 Å². The van der Waals surface area contributed by atoms with Gasteiger partial charge in [0.25, 0.3) is 10.0 Å². The summed E-state index contributed by atoms with van der Waals surface area (Å²) in [4.78, 5) is 14.8. The molecule has 1 unspecified atom stereocenters. The number of carboxylic acid groups (broad SMARTS) is 1. The third kappa shape index (κ3) is 4.92. The largest absolute Gasteiger partial charge is 0.465 e. The number of nitrogens with zero attached hydrogens (tertiary/aromatic N) is 3. The maximum Gasteiger partial charge on any atom is 0.404 e. The summed E-state index contributed by atoms with van der Waals surface area (Å²) in [6, 6.07) is 8.06. The van der Waals surface area contributed by atoms with Crippen LogP contribution in [0.4, 0.5) is 13.6 Å². The predicted octanol–water partition coefficient (Wildman–Crippen LogP) is 4.16. The van der Waals surface area contributed by atoms with Crippen LogP contribution < -0.4 is 5.32 Å². The first-order valence-corrected chi connectivity index (χ1v) is 11.6. The fraction of sp³-hybridized carbons (Fsp3) is 0.261. The normalized spacial score (nSPS) is 12.7. The highest BCUT2D eigenvalue weighted by Gasteiger charge is 2.32. The molecule has 2 aromatic heterocycles. The number of nitriles is 1.